The second-order valence-corrected chi connectivity index (χ2v) is 4.45. The fourth-order valence-corrected chi connectivity index (χ4v) is 1.99. The van der Waals surface area contributed by atoms with Crippen LogP contribution in [0.3, 0.4) is 0 Å². The van der Waals surface area contributed by atoms with Crippen molar-refractivity contribution in [1.29, 1.82) is 0 Å². The van der Waals surface area contributed by atoms with Crippen molar-refractivity contribution < 1.29 is 28.2 Å². The largest absolute Gasteiger partial charge is 0.479 e. The fraction of sp³-hybridized carbons (Fsp3) is 0.500. The Labute approximate surface area is 108 Å². The van der Waals surface area contributed by atoms with E-state index in [-0.39, 0.29) is 25.3 Å². The van der Waals surface area contributed by atoms with E-state index in [1.54, 1.807) is 6.07 Å². The highest BCUT2D eigenvalue weighted by molar-refractivity contribution is 5.92. The lowest BCUT2D eigenvalue weighted by molar-refractivity contribution is -0.149. The second-order valence-electron chi connectivity index (χ2n) is 4.45. The van der Waals surface area contributed by atoms with Crippen LogP contribution in [0.15, 0.2) is 16.5 Å². The lowest BCUT2D eigenvalue weighted by atomic mass is 10.1. The summed E-state index contributed by atoms with van der Waals surface area (Å²) in [7, 11) is 1.49. The molecule has 0 bridgehead atoms. The molecule has 1 aliphatic rings. The monoisotopic (exact) mass is 271 g/mol. The van der Waals surface area contributed by atoms with Gasteiger partial charge in [-0.3, -0.25) is 4.79 Å². The summed E-state index contributed by atoms with van der Waals surface area (Å²) in [6.07, 6.45) is -0.209. The Morgan fingerprint density at radius 2 is 2.32 bits per heavy atom. The van der Waals surface area contributed by atoms with Crippen LogP contribution in [0, 0.1) is 0 Å². The maximum atomic E-state index is 13.8. The number of carbonyl (C=O) groups is 2. The van der Waals surface area contributed by atoms with E-state index in [1.807, 2.05) is 0 Å². The Balaban J connectivity index is 2.06. The number of furan rings is 1. The molecule has 2 rings (SSSR count). The first-order valence-corrected chi connectivity index (χ1v) is 5.75. The van der Waals surface area contributed by atoms with E-state index in [0.29, 0.717) is 5.76 Å². The van der Waals surface area contributed by atoms with Crippen LogP contribution in [0.2, 0.25) is 0 Å². The van der Waals surface area contributed by atoms with E-state index in [9.17, 15) is 14.0 Å². The highest BCUT2D eigenvalue weighted by Crippen LogP contribution is 2.27. The van der Waals surface area contributed by atoms with Crippen LogP contribution < -0.4 is 0 Å². The number of methoxy groups -OCH3 is 1. The van der Waals surface area contributed by atoms with Gasteiger partial charge in [-0.15, -0.1) is 0 Å². The molecule has 19 heavy (non-hydrogen) atoms. The molecule has 7 heteroatoms. The summed E-state index contributed by atoms with van der Waals surface area (Å²) in [6, 6.07) is 3.06. The zero-order valence-corrected chi connectivity index (χ0v) is 10.4. The molecular weight excluding hydrogens is 257 g/mol. The standard InChI is InChI=1S/C12H14FNO5/c1-18-6-8-2-3-9(19-8)10(15)14-5-4-12(13,7-14)11(16)17/h2-3H,4-7H2,1H3,(H,16,17)/t12-/m1/s1. The summed E-state index contributed by atoms with van der Waals surface area (Å²) in [5.41, 5.74) is -2.36. The van der Waals surface area contributed by atoms with Crippen LogP contribution >= 0.6 is 0 Å². The zero-order chi connectivity index (χ0) is 14.0. The first kappa shape index (κ1) is 13.5. The minimum absolute atomic E-state index is 0.0571. The number of hydrogen-bond acceptors (Lipinski definition) is 4. The molecule has 0 aromatic carbocycles. The van der Waals surface area contributed by atoms with Gasteiger partial charge in [0.1, 0.15) is 12.4 Å². The van der Waals surface area contributed by atoms with E-state index >= 15 is 0 Å². The molecule has 1 N–H and O–H groups in total. The SMILES string of the molecule is COCc1ccc(C(=O)N2CC[C@](F)(C(=O)O)C2)o1. The number of carboxylic acids is 1. The highest BCUT2D eigenvalue weighted by atomic mass is 19.1. The number of amides is 1. The summed E-state index contributed by atoms with van der Waals surface area (Å²) in [4.78, 5) is 23.9. The van der Waals surface area contributed by atoms with E-state index in [0.717, 1.165) is 4.90 Å². The van der Waals surface area contributed by atoms with Crippen molar-refractivity contribution in [3.05, 3.63) is 23.7 Å². The Morgan fingerprint density at radius 1 is 1.58 bits per heavy atom. The smallest absolute Gasteiger partial charge is 0.343 e. The third-order valence-corrected chi connectivity index (χ3v) is 3.05. The first-order chi connectivity index (χ1) is 8.96. The molecule has 0 radical (unpaired) electrons. The lowest BCUT2D eigenvalue weighted by Gasteiger charge is -2.16. The van der Waals surface area contributed by atoms with Crippen molar-refractivity contribution in [2.75, 3.05) is 20.2 Å². The summed E-state index contributed by atoms with van der Waals surface area (Å²) >= 11 is 0. The number of ether oxygens (including phenoxy) is 1. The van der Waals surface area contributed by atoms with Gasteiger partial charge in [0.2, 0.25) is 5.67 Å². The lowest BCUT2D eigenvalue weighted by Crippen LogP contribution is -2.38. The van der Waals surface area contributed by atoms with Crippen molar-refractivity contribution in [3.8, 4) is 0 Å². The molecule has 0 spiro atoms. The maximum absolute atomic E-state index is 13.8. The van der Waals surface area contributed by atoms with Crippen molar-refractivity contribution in [2.24, 2.45) is 0 Å². The number of aliphatic carboxylic acids is 1. The number of alkyl halides is 1. The minimum Gasteiger partial charge on any atom is -0.479 e. The third kappa shape index (κ3) is 2.60. The van der Waals surface area contributed by atoms with Gasteiger partial charge in [0.15, 0.2) is 5.76 Å². The number of carbonyl (C=O) groups excluding carboxylic acids is 1. The van der Waals surface area contributed by atoms with Crippen LogP contribution in [-0.4, -0.2) is 47.8 Å². The molecule has 1 atom stereocenters. The molecule has 1 amide bonds. The molecule has 2 heterocycles. The van der Waals surface area contributed by atoms with Crippen LogP contribution in [0.25, 0.3) is 0 Å². The van der Waals surface area contributed by atoms with Crippen LogP contribution in [0.4, 0.5) is 4.39 Å². The van der Waals surface area contributed by atoms with Gasteiger partial charge in [-0.2, -0.15) is 0 Å². The number of rotatable bonds is 4. The Bertz CT molecular complexity index is 500. The van der Waals surface area contributed by atoms with Gasteiger partial charge in [-0.05, 0) is 12.1 Å². The molecular formula is C12H14FNO5. The number of carboxylic acid groups (broad SMARTS) is 1. The van der Waals surface area contributed by atoms with Crippen LogP contribution in [0.1, 0.15) is 22.7 Å². The molecule has 0 saturated carbocycles. The van der Waals surface area contributed by atoms with Crippen LogP contribution in [-0.2, 0) is 16.1 Å². The van der Waals surface area contributed by atoms with Crippen LogP contribution in [0.5, 0.6) is 0 Å². The number of likely N-dealkylation sites (tertiary alicyclic amines) is 1. The number of nitrogens with zero attached hydrogens (tertiary/aromatic N) is 1. The Morgan fingerprint density at radius 3 is 2.89 bits per heavy atom. The van der Waals surface area contributed by atoms with Gasteiger partial charge in [0.05, 0.1) is 6.54 Å². The highest BCUT2D eigenvalue weighted by Gasteiger charge is 2.47. The van der Waals surface area contributed by atoms with E-state index in [2.05, 4.69) is 0 Å². The molecule has 0 unspecified atom stereocenters. The topological polar surface area (TPSA) is 80.0 Å². The van der Waals surface area contributed by atoms with Crippen molar-refractivity contribution in [3.63, 3.8) is 0 Å². The normalized spacial score (nSPS) is 22.7. The molecule has 104 valence electrons. The Hall–Kier alpha value is -1.89. The van der Waals surface area contributed by atoms with E-state index in [4.69, 9.17) is 14.3 Å². The van der Waals surface area contributed by atoms with Gasteiger partial charge in [0, 0.05) is 20.1 Å². The molecule has 1 aromatic heterocycles. The third-order valence-electron chi connectivity index (χ3n) is 3.05. The summed E-state index contributed by atoms with van der Waals surface area (Å²) in [6.45, 7) is -0.168. The van der Waals surface area contributed by atoms with Crippen molar-refractivity contribution in [2.45, 2.75) is 18.7 Å². The van der Waals surface area contributed by atoms with Gasteiger partial charge in [-0.1, -0.05) is 0 Å². The Kier molecular flexibility index (Phi) is 3.57. The quantitative estimate of drug-likeness (QED) is 0.885. The molecule has 1 fully saturated rings. The second kappa shape index (κ2) is 5.00. The van der Waals surface area contributed by atoms with Gasteiger partial charge in [-0.25, -0.2) is 9.18 Å². The molecule has 1 saturated heterocycles. The molecule has 0 aliphatic carbocycles. The average molecular weight is 271 g/mol. The van der Waals surface area contributed by atoms with Gasteiger partial charge >= 0.3 is 5.97 Å². The predicted octanol–water partition coefficient (Wildman–Crippen LogP) is 1.06. The molecule has 1 aromatic rings. The molecule has 1 aliphatic heterocycles. The number of hydrogen-bond donors (Lipinski definition) is 1. The minimum atomic E-state index is -2.36. The molecule has 6 nitrogen and oxygen atoms in total. The van der Waals surface area contributed by atoms with Gasteiger partial charge in [0.25, 0.3) is 5.91 Å². The summed E-state index contributed by atoms with van der Waals surface area (Å²) in [5.74, 6) is -1.51. The van der Waals surface area contributed by atoms with E-state index < -0.39 is 24.1 Å². The zero-order valence-electron chi connectivity index (χ0n) is 10.4. The van der Waals surface area contributed by atoms with Crippen molar-refractivity contribution in [1.82, 2.24) is 4.90 Å². The van der Waals surface area contributed by atoms with Gasteiger partial charge < -0.3 is 19.2 Å². The predicted molar refractivity (Wildman–Crippen MR) is 61.4 cm³/mol. The first-order valence-electron chi connectivity index (χ1n) is 5.75. The fourth-order valence-electron chi connectivity index (χ4n) is 1.99. The average Bonchev–Trinajstić information content (AvgIpc) is 2.97. The van der Waals surface area contributed by atoms with Crippen molar-refractivity contribution >= 4 is 11.9 Å². The number of halogens is 1. The summed E-state index contributed by atoms with van der Waals surface area (Å²) in [5, 5.41) is 8.76. The summed E-state index contributed by atoms with van der Waals surface area (Å²) < 4.78 is 23.9. The maximum Gasteiger partial charge on any atom is 0.343 e. The van der Waals surface area contributed by atoms with E-state index in [1.165, 1.54) is 13.2 Å².